The van der Waals surface area contributed by atoms with Crippen molar-refractivity contribution in [3.05, 3.63) is 5.21 Å². The number of rotatable bonds is 4. The van der Waals surface area contributed by atoms with Gasteiger partial charge in [0.2, 0.25) is 0 Å². The molecule has 1 fully saturated rings. The van der Waals surface area contributed by atoms with Crippen LogP contribution in [0.4, 0.5) is 0 Å². The number of aliphatic hydroxyl groups excluding tert-OH is 1. The highest BCUT2D eigenvalue weighted by Gasteiger charge is 2.46. The Morgan fingerprint density at radius 2 is 2.40 bits per heavy atom. The van der Waals surface area contributed by atoms with Crippen molar-refractivity contribution in [1.29, 1.82) is 0 Å². The summed E-state index contributed by atoms with van der Waals surface area (Å²) in [5, 5.41) is 21.8. The predicted octanol–water partition coefficient (Wildman–Crippen LogP) is 0.509. The zero-order valence-corrected chi connectivity index (χ0v) is 9.40. The number of aliphatic hydroxyl groups is 1. The van der Waals surface area contributed by atoms with E-state index in [1.54, 1.807) is 13.8 Å². The van der Waals surface area contributed by atoms with E-state index in [0.29, 0.717) is 13.0 Å². The largest absolute Gasteiger partial charge is 0.785 e. The van der Waals surface area contributed by atoms with Crippen LogP contribution in [0.3, 0.4) is 0 Å². The maximum absolute atomic E-state index is 11.4. The molecule has 5 nitrogen and oxygen atoms in total. The Hall–Kier alpha value is -0.650. The van der Waals surface area contributed by atoms with Crippen molar-refractivity contribution in [3.63, 3.8) is 0 Å². The molecule has 0 aromatic carbocycles. The quantitative estimate of drug-likeness (QED) is 0.693. The minimum atomic E-state index is -0.594. The third-order valence-electron chi connectivity index (χ3n) is 3.23. The first kappa shape index (κ1) is 12.4. The minimum Gasteiger partial charge on any atom is -0.785 e. The van der Waals surface area contributed by atoms with Crippen LogP contribution >= 0.6 is 0 Å². The molecule has 5 heteroatoms. The highest BCUT2D eigenvalue weighted by molar-refractivity contribution is 5.65. The van der Waals surface area contributed by atoms with Gasteiger partial charge in [-0.3, -0.25) is 4.79 Å². The Balaban J connectivity index is 2.45. The van der Waals surface area contributed by atoms with Crippen molar-refractivity contribution in [2.45, 2.75) is 38.8 Å². The molecule has 88 valence electrons. The lowest BCUT2D eigenvalue weighted by Gasteiger charge is -2.62. The number of esters is 1. The van der Waals surface area contributed by atoms with Crippen LogP contribution < -0.4 is 0 Å². The van der Waals surface area contributed by atoms with E-state index < -0.39 is 11.6 Å². The summed E-state index contributed by atoms with van der Waals surface area (Å²) in [6, 6.07) is 0. The van der Waals surface area contributed by atoms with E-state index in [4.69, 9.17) is 4.74 Å². The molecule has 0 spiro atoms. The molecule has 1 heterocycles. The van der Waals surface area contributed by atoms with Gasteiger partial charge in [0.15, 0.2) is 0 Å². The van der Waals surface area contributed by atoms with E-state index in [1.807, 2.05) is 0 Å². The molecular weight excluding hydrogens is 198 g/mol. The zero-order chi connectivity index (χ0) is 11.6. The number of hydrogen-bond donors (Lipinski definition) is 1. The number of carbonyl (C=O) groups excluding carboxylic acids is 1. The second kappa shape index (κ2) is 4.47. The molecule has 1 N–H and O–H groups in total. The Kier molecular flexibility index (Phi) is 3.70. The van der Waals surface area contributed by atoms with E-state index in [1.165, 1.54) is 6.92 Å². The summed E-state index contributed by atoms with van der Waals surface area (Å²) in [6.07, 6.45) is -0.0384. The molecule has 0 amide bonds. The van der Waals surface area contributed by atoms with Crippen LogP contribution in [-0.4, -0.2) is 40.9 Å². The molecule has 3 atom stereocenters. The van der Waals surface area contributed by atoms with E-state index in [2.05, 4.69) is 0 Å². The molecular formula is C10H18NO4-. The monoisotopic (exact) mass is 216 g/mol. The molecule has 1 saturated heterocycles. The fourth-order valence-corrected chi connectivity index (χ4v) is 2.04. The van der Waals surface area contributed by atoms with Crippen molar-refractivity contribution in [3.8, 4) is 0 Å². The Morgan fingerprint density at radius 3 is 2.80 bits per heavy atom. The van der Waals surface area contributed by atoms with Crippen molar-refractivity contribution >= 4 is 5.97 Å². The lowest BCUT2D eigenvalue weighted by molar-refractivity contribution is -0.145. The van der Waals surface area contributed by atoms with Crippen LogP contribution in [0.25, 0.3) is 0 Å². The van der Waals surface area contributed by atoms with Crippen LogP contribution in [0, 0.1) is 11.1 Å². The molecule has 0 bridgehead atoms. The lowest BCUT2D eigenvalue weighted by Crippen LogP contribution is -2.66. The maximum atomic E-state index is 11.4. The van der Waals surface area contributed by atoms with Gasteiger partial charge in [0.1, 0.15) is 0 Å². The van der Waals surface area contributed by atoms with E-state index >= 15 is 0 Å². The van der Waals surface area contributed by atoms with Crippen LogP contribution in [-0.2, 0) is 9.53 Å². The van der Waals surface area contributed by atoms with Gasteiger partial charge in [-0.25, -0.2) is 0 Å². The molecule has 3 unspecified atom stereocenters. The minimum absolute atomic E-state index is 0.0365. The van der Waals surface area contributed by atoms with Crippen molar-refractivity contribution in [2.75, 3.05) is 13.2 Å². The molecule has 1 rings (SSSR count). The first-order valence-electron chi connectivity index (χ1n) is 5.14. The van der Waals surface area contributed by atoms with Gasteiger partial charge in [-0.15, -0.1) is 0 Å². The third kappa shape index (κ3) is 2.48. The number of carbonyl (C=O) groups is 1. The second-order valence-electron chi connectivity index (χ2n) is 4.36. The summed E-state index contributed by atoms with van der Waals surface area (Å²) >= 11 is 0. The fraction of sp³-hybridized carbons (Fsp3) is 0.900. The van der Waals surface area contributed by atoms with Gasteiger partial charge >= 0.3 is 5.97 Å². The SMILES string of the molecule is CC(=O)OCCC1(C)C(C(C)O)CN1[O-]. The third-order valence-corrected chi connectivity index (χ3v) is 3.23. The van der Waals surface area contributed by atoms with Gasteiger partial charge in [-0.2, -0.15) is 0 Å². The predicted molar refractivity (Wildman–Crippen MR) is 54.9 cm³/mol. The molecule has 0 saturated carbocycles. The topological polar surface area (TPSA) is 72.8 Å². The second-order valence-corrected chi connectivity index (χ2v) is 4.36. The van der Waals surface area contributed by atoms with Crippen LogP contribution in [0.5, 0.6) is 0 Å². The van der Waals surface area contributed by atoms with Crippen LogP contribution in [0.2, 0.25) is 0 Å². The first-order valence-corrected chi connectivity index (χ1v) is 5.14. The van der Waals surface area contributed by atoms with Crippen LogP contribution in [0.15, 0.2) is 0 Å². The average Bonchev–Trinajstić information content (AvgIpc) is 2.12. The molecule has 1 aliphatic rings. The van der Waals surface area contributed by atoms with Crippen molar-refractivity contribution in [1.82, 2.24) is 5.06 Å². The first-order chi connectivity index (χ1) is 6.88. The summed E-state index contributed by atoms with van der Waals surface area (Å²) in [5.41, 5.74) is -0.594. The highest BCUT2D eigenvalue weighted by Crippen LogP contribution is 2.40. The van der Waals surface area contributed by atoms with Gasteiger partial charge in [-0.1, -0.05) is 0 Å². The van der Waals surface area contributed by atoms with Gasteiger partial charge < -0.3 is 20.1 Å². The zero-order valence-electron chi connectivity index (χ0n) is 9.40. The smallest absolute Gasteiger partial charge is 0.302 e. The number of hydroxylamine groups is 2. The molecule has 0 aromatic rings. The van der Waals surface area contributed by atoms with Gasteiger partial charge in [0.25, 0.3) is 0 Å². The number of hydrogen-bond acceptors (Lipinski definition) is 5. The molecule has 1 aliphatic heterocycles. The van der Waals surface area contributed by atoms with E-state index in [-0.39, 0.29) is 18.5 Å². The van der Waals surface area contributed by atoms with Gasteiger partial charge in [0, 0.05) is 18.4 Å². The van der Waals surface area contributed by atoms with Crippen LogP contribution in [0.1, 0.15) is 27.2 Å². The Labute approximate surface area is 89.6 Å². The molecule has 15 heavy (non-hydrogen) atoms. The fourth-order valence-electron chi connectivity index (χ4n) is 2.04. The molecule has 0 aromatic heterocycles. The lowest BCUT2D eigenvalue weighted by atomic mass is 9.72. The average molecular weight is 216 g/mol. The standard InChI is InChI=1S/C10H18NO4/c1-7(12)9-6-11(14)10(9,3)4-5-15-8(2)13/h7,9,12H,4-6H2,1-3H3/q-1. The summed E-state index contributed by atoms with van der Waals surface area (Å²) in [6.45, 7) is 5.40. The number of nitrogens with zero attached hydrogens (tertiary/aromatic N) is 1. The number of ether oxygens (including phenoxy) is 1. The summed E-state index contributed by atoms with van der Waals surface area (Å²) < 4.78 is 4.80. The summed E-state index contributed by atoms with van der Waals surface area (Å²) in [7, 11) is 0. The van der Waals surface area contributed by atoms with Gasteiger partial charge in [0.05, 0.1) is 12.7 Å². The Morgan fingerprint density at radius 1 is 1.80 bits per heavy atom. The maximum Gasteiger partial charge on any atom is 0.302 e. The molecule has 0 aliphatic carbocycles. The van der Waals surface area contributed by atoms with Crippen molar-refractivity contribution < 1.29 is 14.6 Å². The summed E-state index contributed by atoms with van der Waals surface area (Å²) in [4.78, 5) is 10.6. The normalized spacial score (nSPS) is 33.3. The highest BCUT2D eigenvalue weighted by atomic mass is 16.5. The Bertz CT molecular complexity index is 244. The summed E-state index contributed by atoms with van der Waals surface area (Å²) in [5.74, 6) is -0.380. The molecule has 0 radical (unpaired) electrons. The van der Waals surface area contributed by atoms with Gasteiger partial charge in [-0.05, 0) is 26.8 Å². The van der Waals surface area contributed by atoms with Crippen molar-refractivity contribution in [2.24, 2.45) is 5.92 Å². The van der Waals surface area contributed by atoms with E-state index in [9.17, 15) is 15.1 Å². The van der Waals surface area contributed by atoms with E-state index in [0.717, 1.165) is 5.06 Å².